The molecule has 2 fully saturated rings. The molecule has 0 N–H and O–H groups in total. The van der Waals surface area contributed by atoms with Crippen molar-refractivity contribution in [2.75, 3.05) is 45.9 Å². The standard InChI is InChI=1S/C18H26N6O/c1-15(18-19-20-21-24(18)17-5-3-2-4-6-17)23-8-7-16(14-23)13-22-9-11-25-12-10-22/h2-6,15-16H,7-14H2,1H3/t15-,16+/m1/s1. The minimum atomic E-state index is 0.213. The molecule has 2 aliphatic rings. The Kier molecular flexibility index (Phi) is 5.05. The Labute approximate surface area is 148 Å². The summed E-state index contributed by atoms with van der Waals surface area (Å²) in [6, 6.07) is 10.3. The van der Waals surface area contributed by atoms with E-state index in [0.29, 0.717) is 0 Å². The number of morpholine rings is 1. The van der Waals surface area contributed by atoms with Crippen LogP contribution >= 0.6 is 0 Å². The second kappa shape index (κ2) is 7.59. The molecule has 7 heteroatoms. The third-order valence-electron chi connectivity index (χ3n) is 5.35. The SMILES string of the molecule is C[C@H](c1nnnn1-c1ccccc1)N1CC[C@@H](CN2CCOCC2)C1. The first-order valence-electron chi connectivity index (χ1n) is 9.19. The lowest BCUT2D eigenvalue weighted by Crippen LogP contribution is -2.40. The normalized spacial score (nSPS) is 23.8. The van der Waals surface area contributed by atoms with Crippen molar-refractivity contribution in [2.45, 2.75) is 19.4 Å². The maximum atomic E-state index is 5.45. The molecule has 0 unspecified atom stereocenters. The highest BCUT2D eigenvalue weighted by atomic mass is 16.5. The molecule has 0 spiro atoms. The summed E-state index contributed by atoms with van der Waals surface area (Å²) in [7, 11) is 0. The van der Waals surface area contributed by atoms with E-state index in [1.165, 1.54) is 13.0 Å². The van der Waals surface area contributed by atoms with Crippen LogP contribution < -0.4 is 0 Å². The van der Waals surface area contributed by atoms with Crippen molar-refractivity contribution >= 4 is 0 Å². The largest absolute Gasteiger partial charge is 0.379 e. The van der Waals surface area contributed by atoms with Crippen molar-refractivity contribution in [1.82, 2.24) is 30.0 Å². The van der Waals surface area contributed by atoms with E-state index in [0.717, 1.165) is 56.8 Å². The second-order valence-corrected chi connectivity index (χ2v) is 7.02. The van der Waals surface area contributed by atoms with Gasteiger partial charge in [0, 0.05) is 26.2 Å². The monoisotopic (exact) mass is 342 g/mol. The van der Waals surface area contributed by atoms with Crippen LogP contribution in [-0.2, 0) is 4.74 Å². The van der Waals surface area contributed by atoms with Gasteiger partial charge in [-0.3, -0.25) is 9.80 Å². The van der Waals surface area contributed by atoms with Gasteiger partial charge in [0.05, 0.1) is 24.9 Å². The Bertz CT molecular complexity index is 669. The molecule has 3 heterocycles. The number of hydrogen-bond donors (Lipinski definition) is 0. The van der Waals surface area contributed by atoms with Gasteiger partial charge in [0.25, 0.3) is 0 Å². The first-order chi connectivity index (χ1) is 12.3. The molecule has 1 aromatic heterocycles. The molecule has 0 amide bonds. The Morgan fingerprint density at radius 2 is 1.96 bits per heavy atom. The number of rotatable bonds is 5. The number of para-hydroxylation sites is 1. The smallest absolute Gasteiger partial charge is 0.173 e. The van der Waals surface area contributed by atoms with Gasteiger partial charge in [-0.15, -0.1) is 5.10 Å². The Morgan fingerprint density at radius 1 is 1.16 bits per heavy atom. The number of benzene rings is 1. The number of hydrogen-bond acceptors (Lipinski definition) is 6. The molecule has 0 saturated carbocycles. The van der Waals surface area contributed by atoms with E-state index < -0.39 is 0 Å². The van der Waals surface area contributed by atoms with Gasteiger partial charge in [-0.1, -0.05) is 18.2 Å². The molecular weight excluding hydrogens is 316 g/mol. The minimum Gasteiger partial charge on any atom is -0.379 e. The van der Waals surface area contributed by atoms with Gasteiger partial charge >= 0.3 is 0 Å². The summed E-state index contributed by atoms with van der Waals surface area (Å²) in [5.74, 6) is 1.64. The fourth-order valence-electron chi connectivity index (χ4n) is 3.88. The quantitative estimate of drug-likeness (QED) is 0.818. The van der Waals surface area contributed by atoms with Gasteiger partial charge < -0.3 is 4.74 Å². The maximum absolute atomic E-state index is 5.45. The summed E-state index contributed by atoms with van der Waals surface area (Å²) in [5, 5.41) is 12.4. The molecule has 2 aliphatic heterocycles. The third-order valence-corrected chi connectivity index (χ3v) is 5.35. The van der Waals surface area contributed by atoms with Crippen molar-refractivity contribution in [3.63, 3.8) is 0 Å². The van der Waals surface area contributed by atoms with Gasteiger partial charge in [-0.2, -0.15) is 4.68 Å². The third kappa shape index (κ3) is 3.73. The molecule has 4 rings (SSSR count). The first-order valence-corrected chi connectivity index (χ1v) is 9.19. The lowest BCUT2D eigenvalue weighted by atomic mass is 10.1. The fraction of sp³-hybridized carbons (Fsp3) is 0.611. The van der Waals surface area contributed by atoms with Gasteiger partial charge in [-0.05, 0) is 48.4 Å². The summed E-state index contributed by atoms with van der Waals surface area (Å²) in [5.41, 5.74) is 1.01. The van der Waals surface area contributed by atoms with Crippen LogP contribution in [0.5, 0.6) is 0 Å². The lowest BCUT2D eigenvalue weighted by Gasteiger charge is -2.29. The molecular formula is C18H26N6O. The summed E-state index contributed by atoms with van der Waals surface area (Å²) in [4.78, 5) is 5.05. The van der Waals surface area contributed by atoms with Crippen molar-refractivity contribution in [2.24, 2.45) is 5.92 Å². The average molecular weight is 342 g/mol. The van der Waals surface area contributed by atoms with E-state index in [-0.39, 0.29) is 6.04 Å². The van der Waals surface area contributed by atoms with Gasteiger partial charge in [0.15, 0.2) is 5.82 Å². The van der Waals surface area contributed by atoms with Crippen molar-refractivity contribution in [3.05, 3.63) is 36.2 Å². The molecule has 0 bridgehead atoms. The van der Waals surface area contributed by atoms with Gasteiger partial charge in [-0.25, -0.2) is 0 Å². The Morgan fingerprint density at radius 3 is 2.76 bits per heavy atom. The Hall–Kier alpha value is -1.83. The number of ether oxygens (including phenoxy) is 1. The van der Waals surface area contributed by atoms with Crippen LogP contribution in [0.4, 0.5) is 0 Å². The summed E-state index contributed by atoms with van der Waals surface area (Å²) in [6.07, 6.45) is 1.24. The van der Waals surface area contributed by atoms with Crippen LogP contribution in [0.15, 0.2) is 30.3 Å². The molecule has 25 heavy (non-hydrogen) atoms. The van der Waals surface area contributed by atoms with Crippen LogP contribution in [0.3, 0.4) is 0 Å². The number of tetrazole rings is 1. The zero-order valence-corrected chi connectivity index (χ0v) is 14.8. The number of nitrogens with zero attached hydrogens (tertiary/aromatic N) is 6. The van der Waals surface area contributed by atoms with Gasteiger partial charge in [0.1, 0.15) is 0 Å². The van der Waals surface area contributed by atoms with E-state index in [2.05, 4.69) is 32.2 Å². The average Bonchev–Trinajstić information content (AvgIpc) is 3.32. The van der Waals surface area contributed by atoms with Crippen molar-refractivity contribution < 1.29 is 4.74 Å². The zero-order valence-electron chi connectivity index (χ0n) is 14.8. The van der Waals surface area contributed by atoms with Crippen LogP contribution in [0.25, 0.3) is 5.69 Å². The summed E-state index contributed by atoms with van der Waals surface area (Å²) >= 11 is 0. The van der Waals surface area contributed by atoms with Crippen LogP contribution in [0, 0.1) is 5.92 Å². The van der Waals surface area contributed by atoms with Crippen molar-refractivity contribution in [3.8, 4) is 5.69 Å². The number of aromatic nitrogens is 4. The molecule has 134 valence electrons. The molecule has 7 nitrogen and oxygen atoms in total. The van der Waals surface area contributed by atoms with E-state index in [9.17, 15) is 0 Å². The molecule has 2 atom stereocenters. The van der Waals surface area contributed by atoms with E-state index in [1.54, 1.807) is 0 Å². The minimum absolute atomic E-state index is 0.213. The van der Waals surface area contributed by atoms with Crippen LogP contribution in [0.1, 0.15) is 25.2 Å². The molecule has 0 radical (unpaired) electrons. The summed E-state index contributed by atoms with van der Waals surface area (Å²) in [6.45, 7) is 9.49. The second-order valence-electron chi connectivity index (χ2n) is 7.02. The van der Waals surface area contributed by atoms with Crippen LogP contribution in [0.2, 0.25) is 0 Å². The fourth-order valence-corrected chi connectivity index (χ4v) is 3.88. The first kappa shape index (κ1) is 16.6. The molecule has 2 aromatic rings. The number of likely N-dealkylation sites (tertiary alicyclic amines) is 1. The molecule has 0 aliphatic carbocycles. The predicted octanol–water partition coefficient (Wildman–Crippen LogP) is 1.38. The van der Waals surface area contributed by atoms with Gasteiger partial charge in [0.2, 0.25) is 0 Å². The maximum Gasteiger partial charge on any atom is 0.173 e. The predicted molar refractivity (Wildman–Crippen MR) is 94.5 cm³/mol. The highest BCUT2D eigenvalue weighted by Gasteiger charge is 2.31. The van der Waals surface area contributed by atoms with E-state index in [1.807, 2.05) is 35.0 Å². The molecule has 2 saturated heterocycles. The zero-order chi connectivity index (χ0) is 17.1. The topological polar surface area (TPSA) is 59.3 Å². The van der Waals surface area contributed by atoms with Crippen molar-refractivity contribution in [1.29, 1.82) is 0 Å². The van der Waals surface area contributed by atoms with Crippen LogP contribution in [-0.4, -0.2) is 75.9 Å². The van der Waals surface area contributed by atoms with E-state index in [4.69, 9.17) is 4.74 Å². The Balaban J connectivity index is 1.41. The van der Waals surface area contributed by atoms with E-state index >= 15 is 0 Å². The summed E-state index contributed by atoms with van der Waals surface area (Å²) < 4.78 is 7.31. The lowest BCUT2D eigenvalue weighted by molar-refractivity contribution is 0.0309. The molecule has 1 aromatic carbocycles. The highest BCUT2D eigenvalue weighted by molar-refractivity contribution is 5.30. The highest BCUT2D eigenvalue weighted by Crippen LogP contribution is 2.27.